The maximum absolute atomic E-state index is 12.1. The van der Waals surface area contributed by atoms with Gasteiger partial charge in [-0.2, -0.15) is 0 Å². The molecular weight excluding hydrogens is 558 g/mol. The lowest BCUT2D eigenvalue weighted by Gasteiger charge is -2.36. The Morgan fingerprint density at radius 3 is 2.10 bits per heavy atom. The number of aliphatic hydroxyl groups excluding tert-OH is 1. The Morgan fingerprint density at radius 2 is 1.45 bits per heavy atom. The number of hydrogen-bond acceptors (Lipinski definition) is 7. The Labute approximate surface area is 248 Å². The molecule has 0 aromatic heterocycles. The minimum absolute atomic E-state index is 0.0327. The van der Waals surface area contributed by atoms with Crippen molar-refractivity contribution < 1.29 is 39.2 Å². The van der Waals surface area contributed by atoms with E-state index in [2.05, 4.69) is 5.32 Å². The van der Waals surface area contributed by atoms with Crippen molar-refractivity contribution in [2.75, 3.05) is 5.75 Å². The molecule has 0 aliphatic carbocycles. The third-order valence-electron chi connectivity index (χ3n) is 6.94. The fourth-order valence-electron chi connectivity index (χ4n) is 4.55. The van der Waals surface area contributed by atoms with Crippen molar-refractivity contribution in [3.05, 3.63) is 101 Å². The second kappa shape index (κ2) is 15.5. The van der Waals surface area contributed by atoms with E-state index in [0.717, 1.165) is 27.1 Å². The highest BCUT2D eigenvalue weighted by atomic mass is 32.2. The highest BCUT2D eigenvalue weighted by Crippen LogP contribution is 2.39. The highest BCUT2D eigenvalue weighted by Gasteiger charge is 2.32. The summed E-state index contributed by atoms with van der Waals surface area (Å²) in [5, 5.41) is 30.2. The van der Waals surface area contributed by atoms with Crippen LogP contribution in [0.25, 0.3) is 0 Å². The summed E-state index contributed by atoms with van der Waals surface area (Å²) in [5.74, 6) is -1.28. The van der Waals surface area contributed by atoms with Crippen molar-refractivity contribution in [2.45, 2.75) is 68.6 Å². The van der Waals surface area contributed by atoms with Crippen LogP contribution in [0, 0.1) is 0 Å². The van der Waals surface area contributed by atoms with Gasteiger partial charge in [-0.25, -0.2) is 4.79 Å². The molecule has 1 amide bonds. The van der Waals surface area contributed by atoms with Gasteiger partial charge in [-0.3, -0.25) is 9.59 Å². The average molecular weight is 594 g/mol. The molecular formula is C32H35NO8S. The molecule has 0 bridgehead atoms. The van der Waals surface area contributed by atoms with E-state index in [1.54, 1.807) is 36.0 Å². The van der Waals surface area contributed by atoms with E-state index in [1.807, 2.05) is 48.5 Å². The van der Waals surface area contributed by atoms with E-state index >= 15 is 0 Å². The minimum atomic E-state index is -0.960. The van der Waals surface area contributed by atoms with Crippen LogP contribution in [0.3, 0.4) is 0 Å². The number of carbonyl (C=O) groups excluding carboxylic acids is 1. The predicted octanol–water partition coefficient (Wildman–Crippen LogP) is 5.48. The summed E-state index contributed by atoms with van der Waals surface area (Å²) in [5.41, 5.74) is 3.82. The molecule has 4 rings (SSSR count). The molecule has 0 radical (unpaired) electrons. The van der Waals surface area contributed by atoms with Crippen molar-refractivity contribution in [2.24, 2.45) is 0 Å². The van der Waals surface area contributed by atoms with Crippen LogP contribution in [0.2, 0.25) is 0 Å². The molecule has 0 saturated carbocycles. The van der Waals surface area contributed by atoms with Gasteiger partial charge in [0, 0.05) is 42.0 Å². The summed E-state index contributed by atoms with van der Waals surface area (Å²) in [4.78, 5) is 34.8. The number of aromatic carboxylic acids is 1. The van der Waals surface area contributed by atoms with Crippen LogP contribution in [-0.4, -0.2) is 45.0 Å². The van der Waals surface area contributed by atoms with Gasteiger partial charge in [-0.1, -0.05) is 48.5 Å². The monoisotopic (exact) mass is 593 g/mol. The number of amides is 1. The number of carboxylic acids is 2. The SMILES string of the molecule is O=C(O)CCCCC(=O)NCc1ccc(C2OC(CSc3ccc(C(=O)O)cc3)CC(c3ccc(CO)cc3)O2)cc1. The molecule has 3 unspecified atom stereocenters. The first-order valence-corrected chi connectivity index (χ1v) is 14.8. The zero-order valence-corrected chi connectivity index (χ0v) is 23.9. The Kier molecular flexibility index (Phi) is 11.5. The number of carboxylic acid groups (broad SMARTS) is 2. The largest absolute Gasteiger partial charge is 0.481 e. The van der Waals surface area contributed by atoms with Gasteiger partial charge in [-0.05, 0) is 53.8 Å². The van der Waals surface area contributed by atoms with E-state index < -0.39 is 18.2 Å². The standard InChI is InChI=1S/C32H35NO8S/c34-19-22-7-9-23(10-8-22)28-17-26(20-42-27-15-13-24(14-16-27)31(38)39)40-32(41-28)25-11-5-21(6-12-25)18-33-29(35)3-1-2-4-30(36)37/h5-16,26,28,32,34H,1-4,17-20H2,(H,33,35)(H,36,37)(H,38,39). The van der Waals surface area contributed by atoms with Gasteiger partial charge in [0.25, 0.3) is 0 Å². The van der Waals surface area contributed by atoms with Crippen LogP contribution in [-0.2, 0) is 32.2 Å². The molecule has 3 atom stereocenters. The Balaban J connectivity index is 1.39. The molecule has 9 nitrogen and oxygen atoms in total. The molecule has 1 fully saturated rings. The van der Waals surface area contributed by atoms with Crippen LogP contribution in [0.15, 0.2) is 77.7 Å². The van der Waals surface area contributed by atoms with Gasteiger partial charge in [0.1, 0.15) is 0 Å². The van der Waals surface area contributed by atoms with Crippen molar-refractivity contribution in [3.63, 3.8) is 0 Å². The molecule has 3 aromatic rings. The third kappa shape index (κ3) is 9.42. The number of rotatable bonds is 14. The second-order valence-electron chi connectivity index (χ2n) is 10.1. The van der Waals surface area contributed by atoms with E-state index in [9.17, 15) is 19.5 Å². The number of aliphatic carboxylic acids is 1. The maximum atomic E-state index is 12.1. The van der Waals surface area contributed by atoms with Gasteiger partial charge in [0.2, 0.25) is 5.91 Å². The summed E-state index contributed by atoms with van der Waals surface area (Å²) in [6, 6.07) is 22.1. The zero-order valence-electron chi connectivity index (χ0n) is 23.1. The number of nitrogens with one attached hydrogen (secondary N) is 1. The Bertz CT molecular complexity index is 1330. The number of thioether (sulfide) groups is 1. The second-order valence-corrected chi connectivity index (χ2v) is 11.2. The number of unbranched alkanes of at least 4 members (excludes halogenated alkanes) is 1. The molecule has 0 spiro atoms. The first kappa shape index (κ1) is 31.2. The summed E-state index contributed by atoms with van der Waals surface area (Å²) < 4.78 is 12.8. The zero-order chi connectivity index (χ0) is 29.9. The summed E-state index contributed by atoms with van der Waals surface area (Å²) in [7, 11) is 0. The van der Waals surface area contributed by atoms with Gasteiger partial charge >= 0.3 is 11.9 Å². The van der Waals surface area contributed by atoms with Gasteiger partial charge in [0.05, 0.1) is 24.4 Å². The van der Waals surface area contributed by atoms with Gasteiger partial charge in [-0.15, -0.1) is 11.8 Å². The molecule has 1 heterocycles. The Morgan fingerprint density at radius 1 is 0.810 bits per heavy atom. The first-order chi connectivity index (χ1) is 20.3. The lowest BCUT2D eigenvalue weighted by atomic mass is 10.0. The van der Waals surface area contributed by atoms with Crippen molar-refractivity contribution in [1.29, 1.82) is 0 Å². The van der Waals surface area contributed by atoms with Gasteiger partial charge < -0.3 is 30.1 Å². The molecule has 1 saturated heterocycles. The number of benzene rings is 3. The number of hydrogen-bond donors (Lipinski definition) is 4. The van der Waals surface area contributed by atoms with Crippen molar-refractivity contribution in [1.82, 2.24) is 5.32 Å². The third-order valence-corrected chi connectivity index (χ3v) is 8.08. The molecule has 10 heteroatoms. The topological polar surface area (TPSA) is 142 Å². The number of aliphatic hydroxyl groups is 1. The van der Waals surface area contributed by atoms with Crippen LogP contribution >= 0.6 is 11.8 Å². The van der Waals surface area contributed by atoms with Crippen LogP contribution in [0.5, 0.6) is 0 Å². The van der Waals surface area contributed by atoms with Crippen molar-refractivity contribution >= 4 is 29.6 Å². The molecule has 3 aromatic carbocycles. The molecule has 42 heavy (non-hydrogen) atoms. The van der Waals surface area contributed by atoms with Crippen LogP contribution in [0.1, 0.15) is 77.1 Å². The molecule has 1 aliphatic heterocycles. The maximum Gasteiger partial charge on any atom is 0.335 e. The average Bonchev–Trinajstić information content (AvgIpc) is 3.01. The van der Waals surface area contributed by atoms with E-state index in [0.29, 0.717) is 38.0 Å². The summed E-state index contributed by atoms with van der Waals surface area (Å²) in [6.45, 7) is 0.333. The smallest absolute Gasteiger partial charge is 0.335 e. The van der Waals surface area contributed by atoms with Crippen LogP contribution in [0.4, 0.5) is 0 Å². The van der Waals surface area contributed by atoms with Gasteiger partial charge in [0.15, 0.2) is 6.29 Å². The summed E-state index contributed by atoms with van der Waals surface area (Å²) in [6.07, 6.45) is 1.01. The number of ether oxygens (including phenoxy) is 2. The highest BCUT2D eigenvalue weighted by molar-refractivity contribution is 7.99. The lowest BCUT2D eigenvalue weighted by molar-refractivity contribution is -0.245. The Hall–Kier alpha value is -3.70. The number of carbonyl (C=O) groups is 3. The summed E-state index contributed by atoms with van der Waals surface area (Å²) >= 11 is 1.59. The normalized spacial score (nSPS) is 18.4. The van der Waals surface area contributed by atoms with Crippen LogP contribution < -0.4 is 5.32 Å². The predicted molar refractivity (Wildman–Crippen MR) is 157 cm³/mol. The van der Waals surface area contributed by atoms with E-state index in [4.69, 9.17) is 19.7 Å². The van der Waals surface area contributed by atoms with E-state index in [-0.39, 0.29) is 36.7 Å². The fraction of sp³-hybridized carbons (Fsp3) is 0.344. The molecule has 1 aliphatic rings. The first-order valence-electron chi connectivity index (χ1n) is 13.8. The lowest BCUT2D eigenvalue weighted by Crippen LogP contribution is -2.31. The van der Waals surface area contributed by atoms with Crippen molar-refractivity contribution in [3.8, 4) is 0 Å². The fourth-order valence-corrected chi connectivity index (χ4v) is 5.47. The molecule has 4 N–H and O–H groups in total. The van der Waals surface area contributed by atoms with E-state index in [1.165, 1.54) is 0 Å². The quantitative estimate of drug-likeness (QED) is 0.141. The molecule has 222 valence electrons. The minimum Gasteiger partial charge on any atom is -0.481 e.